The summed E-state index contributed by atoms with van der Waals surface area (Å²) in [5.74, 6) is -1.09. The van der Waals surface area contributed by atoms with E-state index in [0.717, 1.165) is 6.07 Å². The number of aliphatic hydroxyl groups is 5. The number of ether oxygens (including phenoxy) is 1. The van der Waals surface area contributed by atoms with Gasteiger partial charge in [0.05, 0.1) is 22.5 Å². The van der Waals surface area contributed by atoms with Crippen molar-refractivity contribution in [2.75, 3.05) is 6.61 Å². The van der Waals surface area contributed by atoms with Crippen LogP contribution in [-0.2, 0) is 4.74 Å². The van der Waals surface area contributed by atoms with Crippen molar-refractivity contribution in [1.82, 2.24) is 0 Å². The Morgan fingerprint density at radius 3 is 2.12 bits per heavy atom. The van der Waals surface area contributed by atoms with Crippen molar-refractivity contribution in [3.05, 3.63) is 44.2 Å². The summed E-state index contributed by atoms with van der Waals surface area (Å²) >= 11 is 0. The number of non-ortho nitro benzene ring substituents is 1. The summed E-state index contributed by atoms with van der Waals surface area (Å²) in [5, 5.41) is 64.9. The molecule has 25 heavy (non-hydrogen) atoms. The van der Waals surface area contributed by atoms with Crippen LogP contribution >= 0.6 is 0 Å². The highest BCUT2D eigenvalue weighted by atomic mass is 19.1. The fourth-order valence-electron chi connectivity index (χ4n) is 1.84. The molecular formula is C12H15FN2O10. The van der Waals surface area contributed by atoms with Crippen LogP contribution in [-0.4, -0.2) is 72.7 Å². The molecule has 1 aromatic carbocycles. The predicted octanol–water partition coefficient (Wildman–Crippen LogP) is -1.58. The number of nitrogens with zero attached hydrogens (tertiary/aromatic N) is 2. The lowest BCUT2D eigenvalue weighted by atomic mass is 10.00. The number of nitro benzene ring substituents is 2. The first kappa shape index (κ1) is 20.8. The summed E-state index contributed by atoms with van der Waals surface area (Å²) in [5.41, 5.74) is -1.40. The number of rotatable bonds is 3. The minimum atomic E-state index is -1.57. The Kier molecular flexibility index (Phi) is 7.22. The topological polar surface area (TPSA) is 197 Å². The van der Waals surface area contributed by atoms with E-state index in [4.69, 9.17) is 25.5 Å². The Bertz CT molecular complexity index is 625. The Morgan fingerprint density at radius 2 is 1.64 bits per heavy atom. The average molecular weight is 366 g/mol. The van der Waals surface area contributed by atoms with E-state index in [1.165, 1.54) is 0 Å². The highest BCUT2D eigenvalue weighted by molar-refractivity contribution is 5.43. The third-order valence-electron chi connectivity index (χ3n) is 3.20. The maximum absolute atomic E-state index is 12.6. The molecule has 1 fully saturated rings. The molecule has 13 heteroatoms. The molecule has 1 aliphatic heterocycles. The molecule has 1 aliphatic rings. The summed E-state index contributed by atoms with van der Waals surface area (Å²) in [4.78, 5) is 18.4. The van der Waals surface area contributed by atoms with Crippen LogP contribution < -0.4 is 0 Å². The minimum absolute atomic E-state index is 0.506. The van der Waals surface area contributed by atoms with Crippen molar-refractivity contribution < 1.29 is 44.5 Å². The van der Waals surface area contributed by atoms with Gasteiger partial charge in [-0.15, -0.1) is 0 Å². The molecule has 5 atom stereocenters. The average Bonchev–Trinajstić information content (AvgIpc) is 2.56. The van der Waals surface area contributed by atoms with Gasteiger partial charge < -0.3 is 30.3 Å². The largest absolute Gasteiger partial charge is 0.394 e. The zero-order valence-electron chi connectivity index (χ0n) is 12.4. The molecule has 0 amide bonds. The first-order valence-electron chi connectivity index (χ1n) is 6.67. The summed E-state index contributed by atoms with van der Waals surface area (Å²) < 4.78 is 17.2. The number of nitro groups is 2. The zero-order chi connectivity index (χ0) is 19.3. The van der Waals surface area contributed by atoms with Crippen LogP contribution in [0.1, 0.15) is 0 Å². The Balaban J connectivity index is 0.000000251. The molecule has 1 heterocycles. The number of hydrogen-bond acceptors (Lipinski definition) is 10. The van der Waals surface area contributed by atoms with Crippen LogP contribution in [0.15, 0.2) is 18.2 Å². The molecular weight excluding hydrogens is 351 g/mol. The predicted molar refractivity (Wildman–Crippen MR) is 75.7 cm³/mol. The molecule has 0 radical (unpaired) electrons. The molecule has 0 spiro atoms. The van der Waals surface area contributed by atoms with E-state index in [-0.39, 0.29) is 0 Å². The van der Waals surface area contributed by atoms with Gasteiger partial charge in [0.2, 0.25) is 5.82 Å². The third-order valence-corrected chi connectivity index (χ3v) is 3.20. The molecule has 140 valence electrons. The van der Waals surface area contributed by atoms with E-state index in [2.05, 4.69) is 4.74 Å². The van der Waals surface area contributed by atoms with E-state index in [9.17, 15) is 24.6 Å². The molecule has 1 aromatic rings. The highest BCUT2D eigenvalue weighted by Crippen LogP contribution is 2.22. The maximum atomic E-state index is 12.6. The first-order valence-corrected chi connectivity index (χ1v) is 6.67. The lowest BCUT2D eigenvalue weighted by Gasteiger charge is -2.37. The Hall–Kier alpha value is -2.29. The molecule has 0 unspecified atom stereocenters. The molecule has 2 rings (SSSR count). The van der Waals surface area contributed by atoms with Gasteiger partial charge in [0, 0.05) is 6.07 Å². The van der Waals surface area contributed by atoms with Crippen LogP contribution in [0.2, 0.25) is 0 Å². The van der Waals surface area contributed by atoms with E-state index in [1.54, 1.807) is 0 Å². The summed E-state index contributed by atoms with van der Waals surface area (Å²) in [6.45, 7) is -0.526. The fourth-order valence-corrected chi connectivity index (χ4v) is 1.84. The van der Waals surface area contributed by atoms with Gasteiger partial charge in [-0.1, -0.05) is 0 Å². The van der Waals surface area contributed by atoms with Gasteiger partial charge in [-0.2, -0.15) is 4.39 Å². The summed E-state index contributed by atoms with van der Waals surface area (Å²) in [6, 6.07) is 2.13. The molecule has 0 aromatic heterocycles. The lowest BCUT2D eigenvalue weighted by molar-refractivity contribution is -0.395. The summed E-state index contributed by atoms with van der Waals surface area (Å²) in [7, 11) is 0. The van der Waals surface area contributed by atoms with Gasteiger partial charge in [0.15, 0.2) is 6.29 Å². The van der Waals surface area contributed by atoms with Crippen LogP contribution in [0.4, 0.5) is 15.8 Å². The van der Waals surface area contributed by atoms with Crippen molar-refractivity contribution in [2.45, 2.75) is 30.7 Å². The minimum Gasteiger partial charge on any atom is -0.394 e. The lowest BCUT2D eigenvalue weighted by Crippen LogP contribution is -2.58. The summed E-state index contributed by atoms with van der Waals surface area (Å²) in [6.07, 6.45) is -7.04. The number of aliphatic hydroxyl groups excluding tert-OH is 5. The van der Waals surface area contributed by atoms with Gasteiger partial charge in [-0.05, 0) is 6.07 Å². The van der Waals surface area contributed by atoms with E-state index < -0.39 is 64.4 Å². The monoisotopic (exact) mass is 366 g/mol. The van der Waals surface area contributed by atoms with Gasteiger partial charge in [0.25, 0.3) is 5.69 Å². The maximum Gasteiger partial charge on any atom is 0.311 e. The van der Waals surface area contributed by atoms with Crippen LogP contribution in [0.25, 0.3) is 0 Å². The number of halogens is 1. The Labute approximate surface area is 138 Å². The molecule has 0 bridgehead atoms. The van der Waals surface area contributed by atoms with Crippen LogP contribution in [0.3, 0.4) is 0 Å². The van der Waals surface area contributed by atoms with Crippen molar-refractivity contribution in [3.63, 3.8) is 0 Å². The van der Waals surface area contributed by atoms with E-state index >= 15 is 0 Å². The van der Waals surface area contributed by atoms with Gasteiger partial charge in [0.1, 0.15) is 24.4 Å². The second kappa shape index (κ2) is 8.70. The van der Waals surface area contributed by atoms with Gasteiger partial charge in [-0.3, -0.25) is 20.2 Å². The molecule has 1 saturated heterocycles. The number of benzene rings is 1. The van der Waals surface area contributed by atoms with Crippen molar-refractivity contribution in [2.24, 2.45) is 0 Å². The van der Waals surface area contributed by atoms with E-state index in [0.29, 0.717) is 12.1 Å². The fraction of sp³-hybridized carbons (Fsp3) is 0.500. The highest BCUT2D eigenvalue weighted by Gasteiger charge is 2.42. The molecule has 5 N–H and O–H groups in total. The zero-order valence-corrected chi connectivity index (χ0v) is 12.4. The van der Waals surface area contributed by atoms with Crippen molar-refractivity contribution >= 4 is 11.4 Å². The molecule has 12 nitrogen and oxygen atoms in total. The SMILES string of the molecule is O=[N+]([O-])c1ccc(F)c([N+](=O)[O-])c1.OC[C@H]1O[C@H](O)[C@H](O)[C@@H](O)[C@@H]1O. The van der Waals surface area contributed by atoms with Crippen molar-refractivity contribution in [3.8, 4) is 0 Å². The second-order valence-corrected chi connectivity index (χ2v) is 4.87. The van der Waals surface area contributed by atoms with E-state index in [1.807, 2.05) is 0 Å². The third kappa shape index (κ3) is 5.09. The number of hydrogen-bond donors (Lipinski definition) is 5. The smallest absolute Gasteiger partial charge is 0.311 e. The molecule has 0 aliphatic carbocycles. The quantitative estimate of drug-likeness (QED) is 0.307. The van der Waals surface area contributed by atoms with Crippen LogP contribution in [0.5, 0.6) is 0 Å². The normalized spacial score (nSPS) is 28.6. The second-order valence-electron chi connectivity index (χ2n) is 4.87. The first-order chi connectivity index (χ1) is 11.6. The Morgan fingerprint density at radius 1 is 1.04 bits per heavy atom. The van der Waals surface area contributed by atoms with Gasteiger partial charge in [-0.25, -0.2) is 0 Å². The van der Waals surface area contributed by atoms with Crippen LogP contribution in [0, 0.1) is 26.0 Å². The molecule has 0 saturated carbocycles. The standard InChI is InChI=1S/C6H3FN2O4.C6H12O6/c7-5-2-1-4(8(10)11)3-6(5)9(12)13;7-1-2-3(8)4(9)5(10)6(11)12-2/h1-3H;2-11H,1H2/t;2-,3-,4+,5-,6+/m.1/s1. The van der Waals surface area contributed by atoms with Gasteiger partial charge >= 0.3 is 5.69 Å². The van der Waals surface area contributed by atoms with Crippen molar-refractivity contribution in [1.29, 1.82) is 0 Å².